The summed E-state index contributed by atoms with van der Waals surface area (Å²) in [5.74, 6) is 0.541. The zero-order valence-electron chi connectivity index (χ0n) is 24.6. The first-order valence-electron chi connectivity index (χ1n) is 14.3. The van der Waals surface area contributed by atoms with Crippen LogP contribution in [0.1, 0.15) is 49.1 Å². The van der Waals surface area contributed by atoms with E-state index >= 15 is 4.39 Å². The van der Waals surface area contributed by atoms with Gasteiger partial charge in [-0.1, -0.05) is 32.6 Å². The van der Waals surface area contributed by atoms with Crippen molar-refractivity contribution < 1.29 is 13.9 Å². The molecule has 8 nitrogen and oxygen atoms in total. The van der Waals surface area contributed by atoms with Crippen molar-refractivity contribution >= 4 is 22.6 Å². The summed E-state index contributed by atoms with van der Waals surface area (Å²) in [7, 11) is 0. The minimum absolute atomic E-state index is 0.0254. The molecule has 216 valence electrons. The standard InChI is InChI=1S/C33H34FN5O3/c1-7-25(40)37-13-14-38(21(6)16-37)32-23-15-20(5)26-27-22(9-8-10-24(27)34)17-42-31(26)30(23)39(33(41)36-32)29-19(4)11-12-35-28(29)18(2)3/h7-12,15,18,21H,1,13-14,16-17H2,2-6H3/t21-/m0/s1. The normalized spacial score (nSPS) is 16.3. The van der Waals surface area contributed by atoms with Crippen molar-refractivity contribution in [2.75, 3.05) is 24.5 Å². The Morgan fingerprint density at radius 3 is 2.67 bits per heavy atom. The molecule has 0 N–H and O–H groups in total. The highest BCUT2D eigenvalue weighted by atomic mass is 19.1. The molecule has 42 heavy (non-hydrogen) atoms. The average molecular weight is 568 g/mol. The number of ether oxygens (including phenoxy) is 1. The third kappa shape index (κ3) is 4.26. The van der Waals surface area contributed by atoms with Gasteiger partial charge in [-0.3, -0.25) is 14.3 Å². The Bertz CT molecular complexity index is 1830. The first-order chi connectivity index (χ1) is 20.1. The predicted molar refractivity (Wildman–Crippen MR) is 162 cm³/mol. The van der Waals surface area contributed by atoms with E-state index in [0.717, 1.165) is 27.8 Å². The van der Waals surface area contributed by atoms with Crippen LogP contribution in [0, 0.1) is 19.7 Å². The smallest absolute Gasteiger partial charge is 0.354 e. The summed E-state index contributed by atoms with van der Waals surface area (Å²) >= 11 is 0. The maximum absolute atomic E-state index is 15.4. The number of carbonyl (C=O) groups is 1. The molecule has 1 saturated heterocycles. The lowest BCUT2D eigenvalue weighted by molar-refractivity contribution is -0.126. The highest BCUT2D eigenvalue weighted by Crippen LogP contribution is 2.47. The van der Waals surface area contributed by atoms with Crippen molar-refractivity contribution in [1.29, 1.82) is 0 Å². The molecule has 0 bridgehead atoms. The van der Waals surface area contributed by atoms with Crippen molar-refractivity contribution in [3.8, 4) is 22.6 Å². The van der Waals surface area contributed by atoms with Gasteiger partial charge in [0.2, 0.25) is 5.91 Å². The number of halogens is 1. The molecule has 2 aliphatic rings. The van der Waals surface area contributed by atoms with Crippen LogP contribution in [0.5, 0.6) is 5.75 Å². The number of piperazine rings is 1. The lowest BCUT2D eigenvalue weighted by Crippen LogP contribution is -2.54. The summed E-state index contributed by atoms with van der Waals surface area (Å²) in [4.78, 5) is 39.7. The molecule has 9 heteroatoms. The summed E-state index contributed by atoms with van der Waals surface area (Å²) in [5.41, 5.74) is 5.05. The summed E-state index contributed by atoms with van der Waals surface area (Å²) in [5, 5.41) is 0.721. The highest BCUT2D eigenvalue weighted by molar-refractivity contribution is 6.02. The molecule has 0 radical (unpaired) electrons. The Morgan fingerprint density at radius 2 is 1.95 bits per heavy atom. The molecule has 1 atom stereocenters. The average Bonchev–Trinajstić information content (AvgIpc) is 2.97. The monoisotopic (exact) mass is 567 g/mol. The number of pyridine rings is 1. The van der Waals surface area contributed by atoms with E-state index in [1.54, 1.807) is 21.7 Å². The number of carbonyl (C=O) groups excluding carboxylic acids is 1. The molecule has 1 amide bonds. The number of anilines is 1. The van der Waals surface area contributed by atoms with Crippen LogP contribution in [0.2, 0.25) is 0 Å². The van der Waals surface area contributed by atoms with E-state index < -0.39 is 5.69 Å². The number of nitrogens with zero attached hydrogens (tertiary/aromatic N) is 5. The lowest BCUT2D eigenvalue weighted by atomic mass is 9.91. The van der Waals surface area contributed by atoms with Crippen LogP contribution in [0.4, 0.5) is 10.2 Å². The van der Waals surface area contributed by atoms with E-state index in [-0.39, 0.29) is 30.3 Å². The van der Waals surface area contributed by atoms with Gasteiger partial charge in [-0.05, 0) is 62.1 Å². The van der Waals surface area contributed by atoms with E-state index in [2.05, 4.69) is 21.4 Å². The number of hydrogen-bond acceptors (Lipinski definition) is 6. The molecule has 6 rings (SSSR count). The van der Waals surface area contributed by atoms with Crippen molar-refractivity contribution in [2.45, 2.75) is 53.2 Å². The fourth-order valence-electron chi connectivity index (χ4n) is 6.35. The first kappa shape index (κ1) is 27.6. The fourth-order valence-corrected chi connectivity index (χ4v) is 6.35. The van der Waals surface area contributed by atoms with Gasteiger partial charge in [0.25, 0.3) is 0 Å². The molecular formula is C33H34FN5O3. The van der Waals surface area contributed by atoms with E-state index in [0.29, 0.717) is 53.5 Å². The third-order valence-corrected chi connectivity index (χ3v) is 8.34. The molecule has 0 aliphatic carbocycles. The van der Waals surface area contributed by atoms with Crippen LogP contribution < -0.4 is 15.3 Å². The Balaban J connectivity index is 1.70. The largest absolute Gasteiger partial charge is 0.486 e. The van der Waals surface area contributed by atoms with Crippen molar-refractivity contribution in [1.82, 2.24) is 19.4 Å². The number of amides is 1. The molecule has 2 aliphatic heterocycles. The topological polar surface area (TPSA) is 80.6 Å². The quantitative estimate of drug-likeness (QED) is 0.306. The molecule has 4 aromatic rings. The Hall–Kier alpha value is -4.53. The van der Waals surface area contributed by atoms with Gasteiger partial charge in [-0.25, -0.2) is 9.18 Å². The molecule has 4 heterocycles. The zero-order chi connectivity index (χ0) is 29.9. The zero-order valence-corrected chi connectivity index (χ0v) is 24.6. The summed E-state index contributed by atoms with van der Waals surface area (Å²) in [6.45, 7) is 15.2. The fraction of sp³-hybridized carbons (Fsp3) is 0.333. The molecule has 2 aromatic carbocycles. The van der Waals surface area contributed by atoms with E-state index in [4.69, 9.17) is 4.74 Å². The molecule has 2 aromatic heterocycles. The van der Waals surface area contributed by atoms with E-state index in [9.17, 15) is 9.59 Å². The lowest BCUT2D eigenvalue weighted by Gasteiger charge is -2.40. The number of aromatic nitrogens is 3. The van der Waals surface area contributed by atoms with Crippen LogP contribution in [0.25, 0.3) is 27.7 Å². The maximum Gasteiger partial charge on any atom is 0.354 e. The number of rotatable bonds is 4. The SMILES string of the molecule is C=CC(=O)N1CCN(c2nc(=O)n(-c3c(C)ccnc3C(C)C)c3c4c(c(C)cc23)-c2c(F)cccc2CO4)[C@@H](C)C1. The summed E-state index contributed by atoms with van der Waals surface area (Å²) < 4.78 is 23.5. The van der Waals surface area contributed by atoms with Crippen LogP contribution in [-0.4, -0.2) is 51.0 Å². The minimum Gasteiger partial charge on any atom is -0.486 e. The van der Waals surface area contributed by atoms with E-state index in [1.807, 2.05) is 52.8 Å². The van der Waals surface area contributed by atoms with Gasteiger partial charge in [-0.2, -0.15) is 4.98 Å². The molecule has 0 unspecified atom stereocenters. The number of hydrogen-bond donors (Lipinski definition) is 0. The summed E-state index contributed by atoms with van der Waals surface area (Å²) in [6, 6.07) is 8.74. The van der Waals surface area contributed by atoms with Gasteiger partial charge in [0.05, 0.1) is 11.4 Å². The molecule has 0 saturated carbocycles. The van der Waals surface area contributed by atoms with Crippen LogP contribution >= 0.6 is 0 Å². The number of aryl methyl sites for hydroxylation is 2. The second-order valence-corrected chi connectivity index (χ2v) is 11.5. The van der Waals surface area contributed by atoms with Gasteiger partial charge in [0.1, 0.15) is 23.8 Å². The van der Waals surface area contributed by atoms with Crippen molar-refractivity contribution in [2.24, 2.45) is 0 Å². The van der Waals surface area contributed by atoms with Gasteiger partial charge < -0.3 is 14.5 Å². The Labute approximate surface area is 244 Å². The third-order valence-electron chi connectivity index (χ3n) is 8.34. The predicted octanol–water partition coefficient (Wildman–Crippen LogP) is 5.44. The van der Waals surface area contributed by atoms with Crippen molar-refractivity contribution in [3.05, 3.63) is 87.9 Å². The summed E-state index contributed by atoms with van der Waals surface area (Å²) in [6.07, 6.45) is 3.07. The van der Waals surface area contributed by atoms with Crippen LogP contribution in [0.15, 0.2) is 54.0 Å². The van der Waals surface area contributed by atoms with Crippen molar-refractivity contribution in [3.63, 3.8) is 0 Å². The van der Waals surface area contributed by atoms with Gasteiger partial charge in [0.15, 0.2) is 5.75 Å². The highest BCUT2D eigenvalue weighted by Gasteiger charge is 2.33. The van der Waals surface area contributed by atoms with E-state index in [1.165, 1.54) is 12.1 Å². The molecule has 0 spiro atoms. The van der Waals surface area contributed by atoms with Crippen LogP contribution in [-0.2, 0) is 11.4 Å². The van der Waals surface area contributed by atoms with Crippen LogP contribution in [0.3, 0.4) is 0 Å². The minimum atomic E-state index is -0.471. The second-order valence-electron chi connectivity index (χ2n) is 11.5. The molecular weight excluding hydrogens is 533 g/mol. The Kier molecular flexibility index (Phi) is 6.83. The Morgan fingerprint density at radius 1 is 1.17 bits per heavy atom. The van der Waals surface area contributed by atoms with Gasteiger partial charge in [-0.15, -0.1) is 0 Å². The maximum atomic E-state index is 15.4. The molecule has 1 fully saturated rings. The number of fused-ring (bicyclic) bond motifs is 5. The second kappa shape index (κ2) is 10.4. The van der Waals surface area contributed by atoms with Gasteiger partial charge in [0, 0.05) is 53.9 Å². The number of benzene rings is 2. The van der Waals surface area contributed by atoms with Gasteiger partial charge >= 0.3 is 5.69 Å². The first-order valence-corrected chi connectivity index (χ1v) is 14.3.